The molecule has 0 amide bonds. The van der Waals surface area contributed by atoms with Crippen LogP contribution in [0.15, 0.2) is 41.2 Å². The highest BCUT2D eigenvalue weighted by atomic mass is 35.5. The molecule has 2 aliphatic rings. The number of benzene rings is 1. The van der Waals surface area contributed by atoms with Crippen molar-refractivity contribution in [1.82, 2.24) is 25.2 Å². The normalized spacial score (nSPS) is 17.9. The van der Waals surface area contributed by atoms with Crippen molar-refractivity contribution in [3.05, 3.63) is 80.0 Å². The third kappa shape index (κ3) is 5.74. The average molecular weight is 510 g/mol. The number of tetrazole rings is 1. The van der Waals surface area contributed by atoms with E-state index in [9.17, 15) is 9.59 Å². The zero-order chi connectivity index (χ0) is 25.1. The van der Waals surface area contributed by atoms with Crippen LogP contribution in [-0.2, 0) is 33.7 Å². The Morgan fingerprint density at radius 3 is 2.81 bits per heavy atom. The molecule has 3 aromatic rings. The van der Waals surface area contributed by atoms with E-state index in [-0.39, 0.29) is 18.0 Å². The third-order valence-corrected chi connectivity index (χ3v) is 6.94. The van der Waals surface area contributed by atoms with Gasteiger partial charge in [-0.15, -0.1) is 10.2 Å². The number of aromatic nitrogens is 5. The molecule has 0 bridgehead atoms. The van der Waals surface area contributed by atoms with Gasteiger partial charge in [-0.1, -0.05) is 35.9 Å². The first-order chi connectivity index (χ1) is 17.5. The van der Waals surface area contributed by atoms with Gasteiger partial charge in [0, 0.05) is 40.8 Å². The molecule has 0 spiro atoms. The molecule has 1 aliphatic heterocycles. The number of aromatic amines is 1. The minimum atomic E-state index is -0.436. The van der Waals surface area contributed by atoms with Crippen molar-refractivity contribution in [2.24, 2.45) is 5.92 Å². The molecule has 1 aliphatic carbocycles. The number of esters is 1. The number of aryl methyl sites for hydroxylation is 2. The Kier molecular flexibility index (Phi) is 7.29. The molecule has 3 heterocycles. The zero-order valence-corrected chi connectivity index (χ0v) is 20.8. The van der Waals surface area contributed by atoms with Gasteiger partial charge in [-0.3, -0.25) is 4.79 Å². The second-order valence-corrected chi connectivity index (χ2v) is 9.66. The number of H-pyrrole nitrogens is 1. The van der Waals surface area contributed by atoms with E-state index in [2.05, 4.69) is 31.2 Å². The molecule has 1 N–H and O–H groups in total. The zero-order valence-electron chi connectivity index (χ0n) is 20.1. The van der Waals surface area contributed by atoms with Crippen molar-refractivity contribution in [2.75, 3.05) is 20.3 Å². The summed E-state index contributed by atoms with van der Waals surface area (Å²) < 4.78 is 10.2. The number of pyridine rings is 1. The van der Waals surface area contributed by atoms with E-state index in [1.54, 1.807) is 0 Å². The van der Waals surface area contributed by atoms with Gasteiger partial charge in [-0.2, -0.15) is 4.80 Å². The molecule has 1 aromatic carbocycles. The van der Waals surface area contributed by atoms with Gasteiger partial charge in [-0.25, -0.2) is 4.79 Å². The smallest absolute Gasteiger partial charge is 0.329 e. The van der Waals surface area contributed by atoms with Crippen LogP contribution in [0.4, 0.5) is 0 Å². The fourth-order valence-corrected chi connectivity index (χ4v) is 4.68. The number of hydrogen-bond acceptors (Lipinski definition) is 7. The number of halogens is 1. The van der Waals surface area contributed by atoms with Crippen LogP contribution in [0.3, 0.4) is 0 Å². The topological polar surface area (TPSA) is 112 Å². The predicted octanol–water partition coefficient (Wildman–Crippen LogP) is 3.32. The fraction of sp³-hybridized carbons (Fsp3) is 0.423. The number of methoxy groups -OCH3 is 1. The molecule has 1 saturated carbocycles. The van der Waals surface area contributed by atoms with Gasteiger partial charge in [-0.05, 0) is 60.1 Å². The van der Waals surface area contributed by atoms with Crippen molar-refractivity contribution in [3.63, 3.8) is 0 Å². The molecule has 2 aromatic heterocycles. The van der Waals surface area contributed by atoms with Crippen LogP contribution in [-0.4, -0.2) is 51.5 Å². The monoisotopic (exact) mass is 509 g/mol. The summed E-state index contributed by atoms with van der Waals surface area (Å²) >= 11 is 6.70. The minimum absolute atomic E-state index is 0.0148. The number of rotatable bonds is 9. The molecule has 10 heteroatoms. The molecule has 0 radical (unpaired) electrons. The van der Waals surface area contributed by atoms with Crippen LogP contribution in [0.25, 0.3) is 5.57 Å². The SMILES string of the molecule is COC(=O)Cn1nnc(CCc2ccc(/C(=C\[C@H]3CCOC3)c3ccc(C4CC4)c(=O)[nH]3)cc2Cl)n1. The minimum Gasteiger partial charge on any atom is -0.468 e. The van der Waals surface area contributed by atoms with Crippen LogP contribution in [0.5, 0.6) is 0 Å². The van der Waals surface area contributed by atoms with Crippen LogP contribution >= 0.6 is 11.6 Å². The highest BCUT2D eigenvalue weighted by molar-refractivity contribution is 6.31. The summed E-state index contributed by atoms with van der Waals surface area (Å²) in [5.41, 5.74) is 4.47. The largest absolute Gasteiger partial charge is 0.468 e. The molecular weight excluding hydrogens is 482 g/mol. The van der Waals surface area contributed by atoms with E-state index < -0.39 is 5.97 Å². The summed E-state index contributed by atoms with van der Waals surface area (Å²) in [6, 6.07) is 9.92. The lowest BCUT2D eigenvalue weighted by atomic mass is 9.94. The lowest BCUT2D eigenvalue weighted by Gasteiger charge is -2.14. The van der Waals surface area contributed by atoms with E-state index in [1.165, 1.54) is 11.9 Å². The molecule has 36 heavy (non-hydrogen) atoms. The van der Waals surface area contributed by atoms with Gasteiger partial charge in [0.2, 0.25) is 0 Å². The number of nitrogens with one attached hydrogen (secondary N) is 1. The lowest BCUT2D eigenvalue weighted by Crippen LogP contribution is -2.14. The maximum atomic E-state index is 12.7. The first kappa shape index (κ1) is 24.4. The molecule has 188 valence electrons. The summed E-state index contributed by atoms with van der Waals surface area (Å²) in [5.74, 6) is 0.760. The Hall–Kier alpha value is -3.30. The van der Waals surface area contributed by atoms with Crippen molar-refractivity contribution >= 4 is 23.1 Å². The summed E-state index contributed by atoms with van der Waals surface area (Å²) in [6.07, 6.45) is 6.44. The number of hydrogen-bond donors (Lipinski definition) is 1. The van der Waals surface area contributed by atoms with Crippen molar-refractivity contribution in [1.29, 1.82) is 0 Å². The van der Waals surface area contributed by atoms with Crippen molar-refractivity contribution in [3.8, 4) is 0 Å². The van der Waals surface area contributed by atoms with Gasteiger partial charge >= 0.3 is 5.97 Å². The highest BCUT2D eigenvalue weighted by Gasteiger charge is 2.26. The molecule has 1 atom stereocenters. The molecule has 9 nitrogen and oxygen atoms in total. The van der Waals surface area contributed by atoms with Crippen LogP contribution in [0.2, 0.25) is 5.02 Å². The van der Waals surface area contributed by atoms with Crippen LogP contribution in [0.1, 0.15) is 53.4 Å². The first-order valence-corrected chi connectivity index (χ1v) is 12.5. The second-order valence-electron chi connectivity index (χ2n) is 9.25. The first-order valence-electron chi connectivity index (χ1n) is 12.2. The Balaban J connectivity index is 1.35. The standard InChI is InChI=1S/C26H28ClN5O4/c1-35-25(33)14-32-30-24(29-31-32)9-6-18-4-5-19(13-22(18)27)21(12-16-10-11-36-15-16)23-8-7-20(17-2-3-17)26(34)28-23/h4-5,7-8,12-13,16-17H,2-3,6,9-11,14-15H2,1H3,(H,28,34)/b21-12+/t16-/m1/s1. The van der Waals surface area contributed by atoms with Crippen LogP contribution < -0.4 is 5.56 Å². The maximum Gasteiger partial charge on any atom is 0.329 e. The summed E-state index contributed by atoms with van der Waals surface area (Å²) in [5, 5.41) is 12.7. The molecule has 5 rings (SSSR count). The van der Waals surface area contributed by atoms with Gasteiger partial charge in [0.25, 0.3) is 5.56 Å². The number of nitrogens with zero attached hydrogens (tertiary/aromatic N) is 4. The second kappa shape index (κ2) is 10.8. The lowest BCUT2D eigenvalue weighted by molar-refractivity contribution is -0.141. The van der Waals surface area contributed by atoms with Crippen molar-refractivity contribution in [2.45, 2.75) is 44.6 Å². The molecule has 0 unspecified atom stereocenters. The third-order valence-electron chi connectivity index (χ3n) is 6.59. The Bertz CT molecular complexity index is 1340. The van der Waals surface area contributed by atoms with Gasteiger partial charge < -0.3 is 14.5 Å². The summed E-state index contributed by atoms with van der Waals surface area (Å²) in [6.45, 7) is 1.33. The number of ether oxygens (including phenoxy) is 2. The fourth-order valence-electron chi connectivity index (χ4n) is 4.41. The highest BCUT2D eigenvalue weighted by Crippen LogP contribution is 2.38. The number of carbonyl (C=O) groups is 1. The Labute approximate surface area is 213 Å². The van der Waals surface area contributed by atoms with E-state index >= 15 is 0 Å². The van der Waals surface area contributed by atoms with Crippen LogP contribution in [0, 0.1) is 5.92 Å². The van der Waals surface area contributed by atoms with Crippen molar-refractivity contribution < 1.29 is 14.3 Å². The van der Waals surface area contributed by atoms with Gasteiger partial charge in [0.05, 0.1) is 13.7 Å². The van der Waals surface area contributed by atoms with E-state index in [0.717, 1.165) is 53.8 Å². The van der Waals surface area contributed by atoms with E-state index in [0.29, 0.717) is 36.2 Å². The Morgan fingerprint density at radius 2 is 2.11 bits per heavy atom. The predicted molar refractivity (Wildman–Crippen MR) is 134 cm³/mol. The number of carbonyl (C=O) groups excluding carboxylic acids is 1. The molecule has 1 saturated heterocycles. The maximum absolute atomic E-state index is 12.7. The molecular formula is C26H28ClN5O4. The van der Waals surface area contributed by atoms with Gasteiger partial charge in [0.1, 0.15) is 0 Å². The summed E-state index contributed by atoms with van der Waals surface area (Å²) in [7, 11) is 1.31. The Morgan fingerprint density at radius 1 is 1.25 bits per heavy atom. The quantitative estimate of drug-likeness (QED) is 0.440. The van der Waals surface area contributed by atoms with Gasteiger partial charge in [0.15, 0.2) is 12.4 Å². The summed E-state index contributed by atoms with van der Waals surface area (Å²) in [4.78, 5) is 28.4. The van der Waals surface area contributed by atoms with E-state index in [1.807, 2.05) is 30.3 Å². The van der Waals surface area contributed by atoms with E-state index in [4.69, 9.17) is 16.3 Å². The average Bonchev–Trinajstić information content (AvgIpc) is 3.39. The molecule has 2 fully saturated rings.